The van der Waals surface area contributed by atoms with Crippen molar-refractivity contribution in [2.75, 3.05) is 0 Å². The summed E-state index contributed by atoms with van der Waals surface area (Å²) >= 11 is -0.266. The van der Waals surface area contributed by atoms with Gasteiger partial charge in [0.1, 0.15) is 0 Å². The quantitative estimate of drug-likeness (QED) is 0.225. The molecule has 0 saturated carbocycles. The summed E-state index contributed by atoms with van der Waals surface area (Å²) in [6, 6.07) is 17.5. The standard InChI is InChI=1S/C23H16F6OSe/c24-22(25,26)17-8-4-6-15(12-17)20(14-31-19-10-2-1-3-11-19)21(30)16-7-5-9-18(13-16)23(27,28)29/h1-13,20H,14H2. The summed E-state index contributed by atoms with van der Waals surface area (Å²) < 4.78 is 79.7. The minimum atomic E-state index is -4.63. The molecule has 0 aliphatic heterocycles. The van der Waals surface area contributed by atoms with Crippen LogP contribution in [-0.4, -0.2) is 20.7 Å². The van der Waals surface area contributed by atoms with Crippen LogP contribution in [0.25, 0.3) is 0 Å². The van der Waals surface area contributed by atoms with Crippen molar-refractivity contribution in [2.45, 2.75) is 23.6 Å². The molecule has 0 heterocycles. The van der Waals surface area contributed by atoms with Gasteiger partial charge in [0, 0.05) is 0 Å². The van der Waals surface area contributed by atoms with Gasteiger partial charge in [0.2, 0.25) is 0 Å². The van der Waals surface area contributed by atoms with Crippen LogP contribution < -0.4 is 4.46 Å². The SMILES string of the molecule is O=C(c1cccc(C(F)(F)F)c1)C(C[Se]c1ccccc1)c1cccc(C(F)(F)F)c1. The first-order valence-corrected chi connectivity index (χ1v) is 11.2. The number of carbonyl (C=O) groups excluding carboxylic acids is 1. The fourth-order valence-corrected chi connectivity index (χ4v) is 5.21. The molecule has 162 valence electrons. The van der Waals surface area contributed by atoms with E-state index in [0.29, 0.717) is 0 Å². The van der Waals surface area contributed by atoms with Gasteiger partial charge in [-0.15, -0.1) is 0 Å². The Balaban J connectivity index is 1.99. The number of alkyl halides is 6. The molecule has 0 aliphatic carbocycles. The first kappa shape index (κ1) is 23.1. The minimum absolute atomic E-state index is 0.134. The zero-order valence-corrected chi connectivity index (χ0v) is 17.6. The van der Waals surface area contributed by atoms with Gasteiger partial charge in [-0.2, -0.15) is 0 Å². The molecule has 0 saturated heterocycles. The third-order valence-corrected chi connectivity index (χ3v) is 6.89. The van der Waals surface area contributed by atoms with Crippen molar-refractivity contribution in [1.82, 2.24) is 0 Å². The Labute approximate surface area is 181 Å². The van der Waals surface area contributed by atoms with Crippen LogP contribution in [0.4, 0.5) is 26.3 Å². The number of rotatable bonds is 6. The molecule has 0 amide bonds. The molecule has 1 atom stereocenters. The van der Waals surface area contributed by atoms with Crippen molar-refractivity contribution in [2.24, 2.45) is 0 Å². The molecule has 0 aliphatic rings. The fraction of sp³-hybridized carbons (Fsp3) is 0.174. The Morgan fingerprint density at radius 1 is 0.742 bits per heavy atom. The van der Waals surface area contributed by atoms with E-state index in [0.717, 1.165) is 34.8 Å². The van der Waals surface area contributed by atoms with E-state index in [1.165, 1.54) is 18.2 Å². The third kappa shape index (κ3) is 5.99. The molecular weight excluding hydrogens is 485 g/mol. The van der Waals surface area contributed by atoms with Crippen LogP contribution in [0.5, 0.6) is 0 Å². The van der Waals surface area contributed by atoms with Gasteiger partial charge in [0.05, 0.1) is 0 Å². The Morgan fingerprint density at radius 2 is 1.32 bits per heavy atom. The van der Waals surface area contributed by atoms with Crippen molar-refractivity contribution < 1.29 is 31.1 Å². The molecule has 0 spiro atoms. The first-order valence-electron chi connectivity index (χ1n) is 9.12. The van der Waals surface area contributed by atoms with Crippen molar-refractivity contribution in [3.8, 4) is 0 Å². The van der Waals surface area contributed by atoms with E-state index in [-0.39, 0.29) is 31.4 Å². The van der Waals surface area contributed by atoms with Gasteiger partial charge < -0.3 is 0 Å². The van der Waals surface area contributed by atoms with Crippen LogP contribution in [-0.2, 0) is 12.4 Å². The maximum absolute atomic E-state index is 13.2. The zero-order chi connectivity index (χ0) is 22.6. The van der Waals surface area contributed by atoms with Crippen molar-refractivity contribution in [3.05, 3.63) is 101 Å². The molecule has 31 heavy (non-hydrogen) atoms. The molecule has 1 nitrogen and oxygen atoms in total. The van der Waals surface area contributed by atoms with Crippen LogP contribution >= 0.6 is 0 Å². The average Bonchev–Trinajstić information content (AvgIpc) is 2.73. The number of halogens is 6. The van der Waals surface area contributed by atoms with Gasteiger partial charge in [-0.1, -0.05) is 0 Å². The van der Waals surface area contributed by atoms with Gasteiger partial charge in [0.25, 0.3) is 0 Å². The molecule has 0 N–H and O–H groups in total. The van der Waals surface area contributed by atoms with Gasteiger partial charge in [-0.05, 0) is 0 Å². The van der Waals surface area contributed by atoms with Crippen LogP contribution in [0.1, 0.15) is 33.0 Å². The number of benzene rings is 3. The molecule has 3 aromatic carbocycles. The van der Waals surface area contributed by atoms with E-state index in [4.69, 9.17) is 0 Å². The predicted octanol–water partition coefficient (Wildman–Crippen LogP) is 6.14. The molecular formula is C23H16F6OSe. The van der Waals surface area contributed by atoms with Crippen molar-refractivity contribution >= 4 is 25.2 Å². The predicted molar refractivity (Wildman–Crippen MR) is 107 cm³/mol. The summed E-state index contributed by atoms with van der Waals surface area (Å²) in [5, 5.41) is 0.216. The Kier molecular flexibility index (Phi) is 6.92. The fourth-order valence-electron chi connectivity index (χ4n) is 3.00. The van der Waals surface area contributed by atoms with E-state index < -0.39 is 35.2 Å². The summed E-state index contributed by atoms with van der Waals surface area (Å²) in [5.74, 6) is -1.63. The molecule has 1 unspecified atom stereocenters. The molecule has 3 aromatic rings. The summed E-state index contributed by atoms with van der Waals surface area (Å²) in [6.07, 6.45) is -9.22. The van der Waals surface area contributed by atoms with E-state index in [1.807, 2.05) is 30.3 Å². The number of ketones is 1. The Hall–Kier alpha value is -2.57. The van der Waals surface area contributed by atoms with E-state index in [9.17, 15) is 31.1 Å². The van der Waals surface area contributed by atoms with E-state index in [2.05, 4.69) is 0 Å². The molecule has 8 heteroatoms. The summed E-state index contributed by atoms with van der Waals surface area (Å²) in [6.45, 7) is 0. The van der Waals surface area contributed by atoms with Crippen molar-refractivity contribution in [3.63, 3.8) is 0 Å². The maximum atomic E-state index is 13.2. The van der Waals surface area contributed by atoms with Gasteiger partial charge >= 0.3 is 181 Å². The molecule has 3 rings (SSSR count). The second-order valence-electron chi connectivity index (χ2n) is 6.74. The molecule has 0 aromatic heterocycles. The van der Waals surface area contributed by atoms with Gasteiger partial charge in [-0.3, -0.25) is 0 Å². The monoisotopic (exact) mass is 502 g/mol. The third-order valence-electron chi connectivity index (χ3n) is 4.57. The van der Waals surface area contributed by atoms with Crippen LogP contribution in [0, 0.1) is 0 Å². The molecule has 0 radical (unpaired) electrons. The number of hydrogen-bond acceptors (Lipinski definition) is 1. The molecule has 0 bridgehead atoms. The molecule has 0 fully saturated rings. The zero-order valence-electron chi connectivity index (χ0n) is 15.9. The normalized spacial score (nSPS) is 13.1. The number of carbonyl (C=O) groups is 1. The Bertz CT molecular complexity index is 1040. The van der Waals surface area contributed by atoms with E-state index >= 15 is 0 Å². The van der Waals surface area contributed by atoms with Gasteiger partial charge in [-0.25, -0.2) is 0 Å². The number of hydrogen-bond donors (Lipinski definition) is 0. The summed E-state index contributed by atoms with van der Waals surface area (Å²) in [4.78, 5) is 13.2. The van der Waals surface area contributed by atoms with Crippen LogP contribution in [0.2, 0.25) is 5.32 Å². The summed E-state index contributed by atoms with van der Waals surface area (Å²) in [7, 11) is 0. The summed E-state index contributed by atoms with van der Waals surface area (Å²) in [5.41, 5.74) is -1.93. The second kappa shape index (κ2) is 9.28. The van der Waals surface area contributed by atoms with Gasteiger partial charge in [0.15, 0.2) is 0 Å². The average molecular weight is 501 g/mol. The first-order chi connectivity index (χ1) is 14.6. The topological polar surface area (TPSA) is 17.1 Å². The van der Waals surface area contributed by atoms with Crippen molar-refractivity contribution in [1.29, 1.82) is 0 Å². The van der Waals surface area contributed by atoms with Crippen LogP contribution in [0.15, 0.2) is 78.9 Å². The Morgan fingerprint density at radius 3 is 1.94 bits per heavy atom. The second-order valence-corrected chi connectivity index (χ2v) is 9.04. The van der Waals surface area contributed by atoms with E-state index in [1.54, 1.807) is 0 Å². The number of Topliss-reactive ketones (excluding diaryl/α,β-unsaturated/α-hetero) is 1. The van der Waals surface area contributed by atoms with Crippen LogP contribution in [0.3, 0.4) is 0 Å².